The Morgan fingerprint density at radius 2 is 1.84 bits per heavy atom. The zero-order valence-electron chi connectivity index (χ0n) is 21.2. The third kappa shape index (κ3) is 6.73. The van der Waals surface area contributed by atoms with Crippen LogP contribution in [0.25, 0.3) is 5.70 Å². The lowest BCUT2D eigenvalue weighted by Crippen LogP contribution is -2.49. The van der Waals surface area contributed by atoms with E-state index in [9.17, 15) is 18.0 Å². The summed E-state index contributed by atoms with van der Waals surface area (Å²) in [7, 11) is 0. The van der Waals surface area contributed by atoms with Gasteiger partial charge in [-0.05, 0) is 59.1 Å². The van der Waals surface area contributed by atoms with E-state index in [1.165, 1.54) is 6.07 Å². The zero-order chi connectivity index (χ0) is 26.6. The van der Waals surface area contributed by atoms with E-state index in [1.54, 1.807) is 12.1 Å². The van der Waals surface area contributed by atoms with Gasteiger partial charge >= 0.3 is 12.1 Å². The number of hydrogen-bond donors (Lipinski definition) is 2. The van der Waals surface area contributed by atoms with E-state index in [4.69, 9.17) is 9.94 Å². The van der Waals surface area contributed by atoms with Gasteiger partial charge in [0.2, 0.25) is 0 Å². The first-order chi connectivity index (χ1) is 17.7. The van der Waals surface area contributed by atoms with Gasteiger partial charge in [0, 0.05) is 19.6 Å². The molecule has 1 aliphatic heterocycles. The van der Waals surface area contributed by atoms with Crippen molar-refractivity contribution < 1.29 is 27.9 Å². The highest BCUT2D eigenvalue weighted by molar-refractivity contribution is 5.71. The topological polar surface area (TPSA) is 61.8 Å². The largest absolute Gasteiger partial charge is 0.481 e. The third-order valence-corrected chi connectivity index (χ3v) is 7.54. The summed E-state index contributed by atoms with van der Waals surface area (Å²) in [5, 5.41) is 9.06. The van der Waals surface area contributed by atoms with E-state index in [1.807, 2.05) is 12.1 Å². The van der Waals surface area contributed by atoms with Crippen molar-refractivity contribution in [1.29, 1.82) is 0 Å². The summed E-state index contributed by atoms with van der Waals surface area (Å²) in [4.78, 5) is 18.7. The number of carbonyl (C=O) groups is 1. The highest BCUT2D eigenvalue weighted by Crippen LogP contribution is 2.41. The van der Waals surface area contributed by atoms with Crippen LogP contribution in [0.1, 0.15) is 78.3 Å². The predicted octanol–water partition coefficient (Wildman–Crippen LogP) is 6.52. The number of hydroxylamine groups is 1. The van der Waals surface area contributed by atoms with E-state index in [-0.39, 0.29) is 24.1 Å². The van der Waals surface area contributed by atoms with E-state index >= 15 is 0 Å². The molecule has 0 bridgehead atoms. The molecule has 4 rings (SSSR count). The molecule has 200 valence electrons. The lowest BCUT2D eigenvalue weighted by atomic mass is 9.81. The number of nitrogens with zero attached hydrogens (tertiary/aromatic N) is 1. The molecule has 1 saturated carbocycles. The Kier molecular flexibility index (Phi) is 8.60. The van der Waals surface area contributed by atoms with Gasteiger partial charge in [-0.25, -0.2) is 0 Å². The maximum Gasteiger partial charge on any atom is 0.416 e. The van der Waals surface area contributed by atoms with Gasteiger partial charge in [-0.2, -0.15) is 13.2 Å². The molecule has 0 amide bonds. The average Bonchev–Trinajstić information content (AvgIpc) is 2.85. The van der Waals surface area contributed by atoms with E-state index < -0.39 is 17.7 Å². The fraction of sp³-hybridized carbons (Fsp3) is 0.483. The van der Waals surface area contributed by atoms with Crippen molar-refractivity contribution >= 4 is 11.7 Å². The van der Waals surface area contributed by atoms with Crippen LogP contribution in [0.15, 0.2) is 43.0 Å². The fourth-order valence-corrected chi connectivity index (χ4v) is 5.37. The van der Waals surface area contributed by atoms with Crippen molar-refractivity contribution in [2.24, 2.45) is 5.92 Å². The van der Waals surface area contributed by atoms with Crippen molar-refractivity contribution in [1.82, 2.24) is 10.4 Å². The maximum atomic E-state index is 13.9. The van der Waals surface area contributed by atoms with Crippen LogP contribution in [0.3, 0.4) is 0 Å². The average molecular weight is 517 g/mol. The number of benzene rings is 2. The summed E-state index contributed by atoms with van der Waals surface area (Å²) in [6.45, 7) is 8.01. The summed E-state index contributed by atoms with van der Waals surface area (Å²) in [6.07, 6.45) is 1.02. The minimum Gasteiger partial charge on any atom is -0.481 e. The summed E-state index contributed by atoms with van der Waals surface area (Å²) < 4.78 is 41.6. The second-order valence-electron chi connectivity index (χ2n) is 10.2. The van der Waals surface area contributed by atoms with Crippen molar-refractivity contribution in [3.8, 4) is 0 Å². The quantitative estimate of drug-likeness (QED) is 0.352. The van der Waals surface area contributed by atoms with Crippen LogP contribution >= 0.6 is 0 Å². The first-order valence-electron chi connectivity index (χ1n) is 13.0. The molecule has 1 saturated heterocycles. The van der Waals surface area contributed by atoms with E-state index in [0.717, 1.165) is 55.2 Å². The standard InChI is InChI=1S/C29H35F3N2O3/c1-3-21-13-20(9-10-24(21)15-34-16-25(17-34)28(35)36)18-37-33-19(2)23-11-12-26(22-7-5-4-6-8-22)27(14-23)29(30,31)32/h9-14,22,25,33H,2-8,15-18H2,1H3,(H,35,36). The van der Waals surface area contributed by atoms with E-state index in [0.29, 0.717) is 30.8 Å². The van der Waals surface area contributed by atoms with Gasteiger partial charge in [-0.3, -0.25) is 20.0 Å². The normalized spacial score (nSPS) is 17.4. The van der Waals surface area contributed by atoms with Crippen molar-refractivity contribution in [2.45, 2.75) is 70.7 Å². The molecule has 0 spiro atoms. The number of aliphatic carboxylic acids is 1. The molecule has 8 heteroatoms. The van der Waals surface area contributed by atoms with Gasteiger partial charge in [-0.1, -0.05) is 63.1 Å². The molecule has 2 aromatic carbocycles. The molecule has 1 heterocycles. The number of rotatable bonds is 10. The van der Waals surface area contributed by atoms with Gasteiger partial charge in [0.25, 0.3) is 0 Å². The van der Waals surface area contributed by atoms with Gasteiger partial charge in [-0.15, -0.1) is 0 Å². The highest BCUT2D eigenvalue weighted by Gasteiger charge is 2.36. The first-order valence-corrected chi connectivity index (χ1v) is 13.0. The Morgan fingerprint density at radius 1 is 1.11 bits per heavy atom. The minimum absolute atomic E-state index is 0.0488. The SMILES string of the molecule is C=C(NOCc1ccc(CN2CC(C(=O)O)C2)c(CC)c1)c1ccc(C2CCCCC2)c(C(F)(F)F)c1. The molecule has 0 radical (unpaired) electrons. The van der Waals surface area contributed by atoms with Crippen LogP contribution < -0.4 is 5.48 Å². The lowest BCUT2D eigenvalue weighted by molar-refractivity contribution is -0.147. The Hall–Kier alpha value is -2.84. The number of alkyl halides is 3. The van der Waals surface area contributed by atoms with Crippen LogP contribution in [0.4, 0.5) is 13.2 Å². The number of aryl methyl sites for hydroxylation is 1. The molecule has 2 aromatic rings. The Morgan fingerprint density at radius 3 is 2.49 bits per heavy atom. The van der Waals surface area contributed by atoms with Crippen LogP contribution in [0.2, 0.25) is 0 Å². The molecule has 2 aliphatic rings. The monoisotopic (exact) mass is 516 g/mol. The number of halogens is 3. The molecule has 37 heavy (non-hydrogen) atoms. The predicted molar refractivity (Wildman–Crippen MR) is 136 cm³/mol. The summed E-state index contributed by atoms with van der Waals surface area (Å²) in [5.74, 6) is -1.08. The number of hydrogen-bond acceptors (Lipinski definition) is 4. The molecular weight excluding hydrogens is 481 g/mol. The Labute approximate surface area is 216 Å². The molecule has 2 fully saturated rings. The van der Waals surface area contributed by atoms with Gasteiger partial charge in [0.15, 0.2) is 0 Å². The lowest BCUT2D eigenvalue weighted by Gasteiger charge is -2.37. The van der Waals surface area contributed by atoms with Crippen molar-refractivity contribution in [3.05, 3.63) is 76.4 Å². The van der Waals surface area contributed by atoms with Crippen LogP contribution in [0, 0.1) is 5.92 Å². The third-order valence-electron chi connectivity index (χ3n) is 7.54. The summed E-state index contributed by atoms with van der Waals surface area (Å²) in [5.41, 5.74) is 6.39. The van der Waals surface area contributed by atoms with Gasteiger partial charge in [0.1, 0.15) is 0 Å². The van der Waals surface area contributed by atoms with Crippen molar-refractivity contribution in [2.75, 3.05) is 13.1 Å². The van der Waals surface area contributed by atoms with Crippen LogP contribution in [-0.2, 0) is 35.4 Å². The second kappa shape index (κ2) is 11.7. The first kappa shape index (κ1) is 27.2. The van der Waals surface area contributed by atoms with Gasteiger partial charge < -0.3 is 5.11 Å². The Bertz CT molecular complexity index is 1120. The minimum atomic E-state index is -4.42. The highest BCUT2D eigenvalue weighted by atomic mass is 19.4. The maximum absolute atomic E-state index is 13.9. The molecular formula is C29H35F3N2O3. The zero-order valence-corrected chi connectivity index (χ0v) is 21.2. The van der Waals surface area contributed by atoms with Gasteiger partial charge in [0.05, 0.1) is 23.8 Å². The van der Waals surface area contributed by atoms with Crippen LogP contribution in [0.5, 0.6) is 0 Å². The molecule has 0 atom stereocenters. The number of carboxylic acid groups (broad SMARTS) is 1. The number of nitrogens with one attached hydrogen (secondary N) is 1. The Balaban J connectivity index is 1.35. The smallest absolute Gasteiger partial charge is 0.416 e. The van der Waals surface area contributed by atoms with Crippen LogP contribution in [-0.4, -0.2) is 29.1 Å². The van der Waals surface area contributed by atoms with E-state index in [2.05, 4.69) is 29.9 Å². The summed E-state index contributed by atoms with van der Waals surface area (Å²) in [6, 6.07) is 10.5. The molecule has 0 aromatic heterocycles. The second-order valence-corrected chi connectivity index (χ2v) is 10.2. The number of likely N-dealkylation sites (tertiary alicyclic amines) is 1. The molecule has 2 N–H and O–H groups in total. The van der Waals surface area contributed by atoms with Crippen molar-refractivity contribution in [3.63, 3.8) is 0 Å². The molecule has 1 aliphatic carbocycles. The molecule has 5 nitrogen and oxygen atoms in total. The molecule has 0 unspecified atom stereocenters. The number of carboxylic acids is 1. The fourth-order valence-electron chi connectivity index (χ4n) is 5.37. The summed E-state index contributed by atoms with van der Waals surface area (Å²) >= 11 is 0.